The minimum atomic E-state index is -0.00967. The van der Waals surface area contributed by atoms with Crippen LogP contribution in [0, 0.1) is 6.92 Å². The van der Waals surface area contributed by atoms with Gasteiger partial charge in [-0.15, -0.1) is 0 Å². The van der Waals surface area contributed by atoms with Gasteiger partial charge in [-0.25, -0.2) is 0 Å². The molecule has 1 atom stereocenters. The Labute approximate surface area is 123 Å². The first-order valence-electron chi connectivity index (χ1n) is 7.21. The lowest BCUT2D eigenvalue weighted by Crippen LogP contribution is -2.32. The smallest absolute Gasteiger partial charge is 0.238 e. The SMILES string of the molecule is Cc1nn(C)cc1NC(=O)CN1CCC[C@H]1c1ccco1. The third-order valence-corrected chi connectivity index (χ3v) is 3.87. The van der Waals surface area contributed by atoms with Gasteiger partial charge in [0.1, 0.15) is 5.76 Å². The van der Waals surface area contributed by atoms with Crippen LogP contribution in [0.5, 0.6) is 0 Å². The zero-order valence-corrected chi connectivity index (χ0v) is 12.4. The molecule has 3 rings (SSSR count). The van der Waals surface area contributed by atoms with Crippen LogP contribution >= 0.6 is 0 Å². The fourth-order valence-electron chi connectivity index (χ4n) is 2.91. The Morgan fingerprint density at radius 2 is 2.43 bits per heavy atom. The molecular weight excluding hydrogens is 268 g/mol. The second-order valence-electron chi connectivity index (χ2n) is 5.49. The molecule has 0 spiro atoms. The van der Waals surface area contributed by atoms with Crippen LogP contribution in [0.4, 0.5) is 5.69 Å². The van der Waals surface area contributed by atoms with Crippen LogP contribution in [0.25, 0.3) is 0 Å². The van der Waals surface area contributed by atoms with Gasteiger partial charge in [0.2, 0.25) is 5.91 Å². The number of nitrogens with one attached hydrogen (secondary N) is 1. The average Bonchev–Trinajstić information content (AvgIpc) is 3.11. The Balaban J connectivity index is 1.63. The molecule has 21 heavy (non-hydrogen) atoms. The van der Waals surface area contributed by atoms with Crippen LogP contribution in [-0.2, 0) is 11.8 Å². The van der Waals surface area contributed by atoms with Crippen LogP contribution < -0.4 is 5.32 Å². The maximum absolute atomic E-state index is 12.2. The molecule has 112 valence electrons. The predicted molar refractivity (Wildman–Crippen MR) is 78.8 cm³/mol. The molecule has 0 radical (unpaired) electrons. The van der Waals surface area contributed by atoms with Crippen molar-refractivity contribution in [1.82, 2.24) is 14.7 Å². The van der Waals surface area contributed by atoms with E-state index in [1.54, 1.807) is 10.9 Å². The van der Waals surface area contributed by atoms with Crippen LogP contribution in [0.2, 0.25) is 0 Å². The van der Waals surface area contributed by atoms with Crippen LogP contribution in [0.3, 0.4) is 0 Å². The molecule has 0 unspecified atom stereocenters. The van der Waals surface area contributed by atoms with Gasteiger partial charge in [0.05, 0.1) is 30.2 Å². The molecule has 1 amide bonds. The Morgan fingerprint density at radius 1 is 1.57 bits per heavy atom. The topological polar surface area (TPSA) is 63.3 Å². The summed E-state index contributed by atoms with van der Waals surface area (Å²) in [5.74, 6) is 0.933. The van der Waals surface area contributed by atoms with E-state index in [4.69, 9.17) is 4.42 Å². The van der Waals surface area contributed by atoms with Crippen LogP contribution in [0.1, 0.15) is 30.3 Å². The normalized spacial score (nSPS) is 19.0. The molecule has 2 aromatic rings. The minimum absolute atomic E-state index is 0.00967. The molecule has 1 aliphatic heterocycles. The first kappa shape index (κ1) is 13.9. The van der Waals surface area contributed by atoms with E-state index in [9.17, 15) is 4.79 Å². The highest BCUT2D eigenvalue weighted by Gasteiger charge is 2.29. The highest BCUT2D eigenvalue weighted by atomic mass is 16.3. The second kappa shape index (κ2) is 5.73. The molecule has 1 N–H and O–H groups in total. The van der Waals surface area contributed by atoms with E-state index >= 15 is 0 Å². The lowest BCUT2D eigenvalue weighted by atomic mass is 10.1. The van der Waals surface area contributed by atoms with E-state index in [-0.39, 0.29) is 11.9 Å². The summed E-state index contributed by atoms with van der Waals surface area (Å²) in [4.78, 5) is 14.4. The van der Waals surface area contributed by atoms with Crippen molar-refractivity contribution in [3.05, 3.63) is 36.0 Å². The third-order valence-electron chi connectivity index (χ3n) is 3.87. The van der Waals surface area contributed by atoms with Gasteiger partial charge < -0.3 is 9.73 Å². The molecule has 0 bridgehead atoms. The van der Waals surface area contributed by atoms with E-state index in [2.05, 4.69) is 15.3 Å². The van der Waals surface area contributed by atoms with Gasteiger partial charge in [-0.1, -0.05) is 0 Å². The number of furan rings is 1. The van der Waals surface area contributed by atoms with Crippen molar-refractivity contribution in [1.29, 1.82) is 0 Å². The summed E-state index contributed by atoms with van der Waals surface area (Å²) in [6.07, 6.45) is 5.63. The van der Waals surface area contributed by atoms with E-state index in [0.717, 1.165) is 36.5 Å². The third kappa shape index (κ3) is 3.00. The van der Waals surface area contributed by atoms with Crippen LogP contribution in [-0.4, -0.2) is 33.7 Å². The molecule has 2 aromatic heterocycles. The summed E-state index contributed by atoms with van der Waals surface area (Å²) < 4.78 is 7.18. The number of anilines is 1. The summed E-state index contributed by atoms with van der Waals surface area (Å²) in [7, 11) is 1.84. The summed E-state index contributed by atoms with van der Waals surface area (Å²) in [5.41, 5.74) is 1.60. The Bertz CT molecular complexity index is 618. The molecule has 1 saturated heterocycles. The Morgan fingerprint density at radius 3 is 3.10 bits per heavy atom. The van der Waals surface area contributed by atoms with Gasteiger partial charge in [0.25, 0.3) is 0 Å². The first-order chi connectivity index (χ1) is 10.1. The molecule has 1 fully saturated rings. The van der Waals surface area contributed by atoms with Gasteiger partial charge in [-0.3, -0.25) is 14.4 Å². The van der Waals surface area contributed by atoms with Gasteiger partial charge in [-0.05, 0) is 38.4 Å². The number of likely N-dealkylation sites (tertiary alicyclic amines) is 1. The van der Waals surface area contributed by atoms with Gasteiger partial charge in [-0.2, -0.15) is 5.10 Å². The monoisotopic (exact) mass is 288 g/mol. The lowest BCUT2D eigenvalue weighted by Gasteiger charge is -2.21. The number of carbonyl (C=O) groups excluding carboxylic acids is 1. The van der Waals surface area contributed by atoms with E-state index in [1.165, 1.54) is 0 Å². The maximum atomic E-state index is 12.2. The zero-order valence-electron chi connectivity index (χ0n) is 12.4. The molecular formula is C15H20N4O2. The quantitative estimate of drug-likeness (QED) is 0.935. The van der Waals surface area contributed by atoms with Gasteiger partial charge in [0.15, 0.2) is 0 Å². The summed E-state index contributed by atoms with van der Waals surface area (Å²) in [6.45, 7) is 3.18. The number of nitrogens with zero attached hydrogens (tertiary/aromatic N) is 3. The van der Waals surface area contributed by atoms with Crippen molar-refractivity contribution < 1.29 is 9.21 Å². The van der Waals surface area contributed by atoms with Crippen LogP contribution in [0.15, 0.2) is 29.0 Å². The van der Waals surface area contributed by atoms with Crippen molar-refractivity contribution in [3.63, 3.8) is 0 Å². The molecule has 6 heteroatoms. The lowest BCUT2D eigenvalue weighted by molar-refractivity contribution is -0.117. The predicted octanol–water partition coefficient (Wildman–Crippen LogP) is 2.10. The number of hydrogen-bond acceptors (Lipinski definition) is 4. The first-order valence-corrected chi connectivity index (χ1v) is 7.21. The van der Waals surface area contributed by atoms with Crippen molar-refractivity contribution in [2.75, 3.05) is 18.4 Å². The number of amides is 1. The molecule has 6 nitrogen and oxygen atoms in total. The molecule has 0 aromatic carbocycles. The standard InChI is InChI=1S/C15H20N4O2/c1-11-12(9-18(2)17-11)16-15(20)10-19-7-3-5-13(19)14-6-4-8-21-14/h4,6,8-9,13H,3,5,7,10H2,1-2H3,(H,16,20)/t13-/m0/s1. The number of aryl methyl sites for hydroxylation is 2. The van der Waals surface area contributed by atoms with Gasteiger partial charge >= 0.3 is 0 Å². The zero-order chi connectivity index (χ0) is 14.8. The largest absolute Gasteiger partial charge is 0.468 e. The number of rotatable bonds is 4. The van der Waals surface area contributed by atoms with E-state index in [1.807, 2.05) is 32.3 Å². The summed E-state index contributed by atoms with van der Waals surface area (Å²) in [5, 5.41) is 7.15. The highest BCUT2D eigenvalue weighted by Crippen LogP contribution is 2.31. The summed E-state index contributed by atoms with van der Waals surface area (Å²) >= 11 is 0. The number of carbonyl (C=O) groups is 1. The Kier molecular flexibility index (Phi) is 3.79. The van der Waals surface area contributed by atoms with Crippen molar-refractivity contribution in [3.8, 4) is 0 Å². The maximum Gasteiger partial charge on any atom is 0.238 e. The molecule has 0 saturated carbocycles. The second-order valence-corrected chi connectivity index (χ2v) is 5.49. The molecule has 3 heterocycles. The average molecular weight is 288 g/mol. The fraction of sp³-hybridized carbons (Fsp3) is 0.467. The highest BCUT2D eigenvalue weighted by molar-refractivity contribution is 5.92. The molecule has 1 aliphatic rings. The van der Waals surface area contributed by atoms with Crippen molar-refractivity contribution in [2.45, 2.75) is 25.8 Å². The van der Waals surface area contributed by atoms with Gasteiger partial charge in [0, 0.05) is 13.2 Å². The van der Waals surface area contributed by atoms with E-state index in [0.29, 0.717) is 6.54 Å². The number of hydrogen-bond donors (Lipinski definition) is 1. The van der Waals surface area contributed by atoms with Crippen molar-refractivity contribution >= 4 is 11.6 Å². The summed E-state index contributed by atoms with van der Waals surface area (Å²) in [6, 6.07) is 4.08. The van der Waals surface area contributed by atoms with Crippen molar-refractivity contribution in [2.24, 2.45) is 7.05 Å². The fourth-order valence-corrected chi connectivity index (χ4v) is 2.91. The number of aromatic nitrogens is 2. The minimum Gasteiger partial charge on any atom is -0.468 e. The molecule has 0 aliphatic carbocycles. The van der Waals surface area contributed by atoms with E-state index < -0.39 is 0 Å². The Hall–Kier alpha value is -2.08.